The molecule has 1 heterocycles. The summed E-state index contributed by atoms with van der Waals surface area (Å²) in [7, 11) is 3.42. The molecule has 0 atom stereocenters. The number of nitrogens with zero attached hydrogens (tertiary/aromatic N) is 3. The molecule has 0 radical (unpaired) electrons. The van der Waals surface area contributed by atoms with Crippen molar-refractivity contribution in [2.45, 2.75) is 6.54 Å². The molecule has 0 unspecified atom stereocenters. The van der Waals surface area contributed by atoms with E-state index in [0.29, 0.717) is 19.7 Å². The molecule has 0 aliphatic heterocycles. The minimum Gasteiger partial charge on any atom is -0.383 e. The monoisotopic (exact) mass is 415 g/mol. The van der Waals surface area contributed by atoms with E-state index in [2.05, 4.69) is 20.7 Å². The maximum atomic E-state index is 4.99. The van der Waals surface area contributed by atoms with Gasteiger partial charge in [-0.3, -0.25) is 4.99 Å². The Labute approximate surface area is 148 Å². The molecule has 2 rings (SSSR count). The van der Waals surface area contributed by atoms with E-state index in [0.717, 1.165) is 17.3 Å². The molecule has 0 aliphatic rings. The first-order valence-corrected chi connectivity index (χ1v) is 6.87. The summed E-state index contributed by atoms with van der Waals surface area (Å²) in [6.07, 6.45) is 1.95. The standard InChI is InChI=1S/C15H21N5O.HI/c1-16-15(17-9-11-21-2)18-12-13-8-10-20(19-13)14-6-4-3-5-7-14;/h3-8,10H,9,11-12H2,1-2H3,(H2,16,17,18);1H. The van der Waals surface area contributed by atoms with Crippen LogP contribution in [0.15, 0.2) is 47.6 Å². The lowest BCUT2D eigenvalue weighted by Gasteiger charge is -2.10. The summed E-state index contributed by atoms with van der Waals surface area (Å²) in [5.74, 6) is 0.737. The Morgan fingerprint density at radius 1 is 1.23 bits per heavy atom. The molecule has 120 valence electrons. The number of nitrogens with one attached hydrogen (secondary N) is 2. The minimum atomic E-state index is 0. The summed E-state index contributed by atoms with van der Waals surface area (Å²) in [5.41, 5.74) is 2.00. The van der Waals surface area contributed by atoms with E-state index in [1.807, 2.05) is 47.3 Å². The Bertz CT molecular complexity index is 570. The lowest BCUT2D eigenvalue weighted by Crippen LogP contribution is -2.38. The fourth-order valence-corrected chi connectivity index (χ4v) is 1.85. The second kappa shape index (κ2) is 10.2. The van der Waals surface area contributed by atoms with E-state index < -0.39 is 0 Å². The highest BCUT2D eigenvalue weighted by Gasteiger charge is 2.02. The largest absolute Gasteiger partial charge is 0.383 e. The number of rotatable bonds is 6. The average Bonchev–Trinajstić information content (AvgIpc) is 3.00. The zero-order valence-corrected chi connectivity index (χ0v) is 15.2. The van der Waals surface area contributed by atoms with Crippen LogP contribution in [0.2, 0.25) is 0 Å². The second-order valence-corrected chi connectivity index (χ2v) is 4.43. The molecule has 0 aliphatic carbocycles. The highest BCUT2D eigenvalue weighted by molar-refractivity contribution is 14.0. The van der Waals surface area contributed by atoms with E-state index in [1.54, 1.807) is 14.2 Å². The number of halogens is 1. The molecule has 0 spiro atoms. The van der Waals surface area contributed by atoms with Crippen molar-refractivity contribution in [2.24, 2.45) is 4.99 Å². The summed E-state index contributed by atoms with van der Waals surface area (Å²) in [6.45, 7) is 1.98. The van der Waals surface area contributed by atoms with Gasteiger partial charge in [-0.2, -0.15) is 5.10 Å². The van der Waals surface area contributed by atoms with Gasteiger partial charge in [-0.15, -0.1) is 24.0 Å². The minimum absolute atomic E-state index is 0. The Morgan fingerprint density at radius 2 is 2.00 bits per heavy atom. The molecule has 0 saturated heterocycles. The molecule has 22 heavy (non-hydrogen) atoms. The molecule has 0 saturated carbocycles. The van der Waals surface area contributed by atoms with Crippen molar-refractivity contribution < 1.29 is 4.74 Å². The highest BCUT2D eigenvalue weighted by Crippen LogP contribution is 2.06. The van der Waals surface area contributed by atoms with Crippen LogP contribution in [0, 0.1) is 0 Å². The summed E-state index contributed by atoms with van der Waals surface area (Å²) in [6, 6.07) is 12.0. The maximum absolute atomic E-state index is 4.99. The number of hydrogen-bond acceptors (Lipinski definition) is 3. The van der Waals surface area contributed by atoms with Crippen LogP contribution in [-0.4, -0.2) is 43.0 Å². The van der Waals surface area contributed by atoms with Gasteiger partial charge in [-0.1, -0.05) is 18.2 Å². The number of hydrogen-bond donors (Lipinski definition) is 2. The summed E-state index contributed by atoms with van der Waals surface area (Å²) < 4.78 is 6.85. The SMILES string of the molecule is CN=C(NCCOC)NCc1ccn(-c2ccccc2)n1.I. The van der Waals surface area contributed by atoms with Crippen molar-refractivity contribution in [1.82, 2.24) is 20.4 Å². The molecule has 2 aromatic rings. The number of para-hydroxylation sites is 1. The van der Waals surface area contributed by atoms with E-state index in [-0.39, 0.29) is 24.0 Å². The molecule has 1 aromatic heterocycles. The first-order valence-electron chi connectivity index (χ1n) is 6.87. The van der Waals surface area contributed by atoms with Crippen molar-refractivity contribution >= 4 is 29.9 Å². The van der Waals surface area contributed by atoms with E-state index in [4.69, 9.17) is 4.74 Å². The zero-order chi connectivity index (χ0) is 14.9. The van der Waals surface area contributed by atoms with Crippen LogP contribution in [0.1, 0.15) is 5.69 Å². The Kier molecular flexibility index (Phi) is 8.53. The molecular weight excluding hydrogens is 393 g/mol. The number of aromatic nitrogens is 2. The fraction of sp³-hybridized carbons (Fsp3) is 0.333. The van der Waals surface area contributed by atoms with Crippen molar-refractivity contribution in [3.8, 4) is 5.69 Å². The van der Waals surface area contributed by atoms with Crippen LogP contribution in [0.3, 0.4) is 0 Å². The Morgan fingerprint density at radius 3 is 2.68 bits per heavy atom. The van der Waals surface area contributed by atoms with Gasteiger partial charge >= 0.3 is 0 Å². The molecule has 6 nitrogen and oxygen atoms in total. The fourth-order valence-electron chi connectivity index (χ4n) is 1.85. The van der Waals surface area contributed by atoms with Gasteiger partial charge in [-0.05, 0) is 18.2 Å². The third-order valence-corrected chi connectivity index (χ3v) is 2.92. The van der Waals surface area contributed by atoms with Gasteiger partial charge in [0.25, 0.3) is 0 Å². The first kappa shape index (κ1) is 18.4. The van der Waals surface area contributed by atoms with E-state index >= 15 is 0 Å². The predicted octanol–water partition coefficient (Wildman–Crippen LogP) is 1.80. The normalized spacial score (nSPS) is 10.9. The van der Waals surface area contributed by atoms with Crippen LogP contribution >= 0.6 is 24.0 Å². The van der Waals surface area contributed by atoms with Gasteiger partial charge in [0.1, 0.15) is 0 Å². The van der Waals surface area contributed by atoms with Crippen molar-refractivity contribution in [2.75, 3.05) is 27.3 Å². The van der Waals surface area contributed by atoms with Crippen LogP contribution in [-0.2, 0) is 11.3 Å². The van der Waals surface area contributed by atoms with Gasteiger partial charge in [0.2, 0.25) is 0 Å². The van der Waals surface area contributed by atoms with Gasteiger partial charge in [0.05, 0.1) is 24.5 Å². The topological polar surface area (TPSA) is 63.5 Å². The second-order valence-electron chi connectivity index (χ2n) is 4.43. The van der Waals surface area contributed by atoms with Crippen molar-refractivity contribution in [3.63, 3.8) is 0 Å². The molecule has 1 aromatic carbocycles. The molecular formula is C15H22IN5O. The summed E-state index contributed by atoms with van der Waals surface area (Å²) >= 11 is 0. The molecule has 0 amide bonds. The first-order chi connectivity index (χ1) is 10.3. The Hall–Kier alpha value is -1.61. The number of benzene rings is 1. The zero-order valence-electron chi connectivity index (χ0n) is 12.8. The van der Waals surface area contributed by atoms with E-state index in [9.17, 15) is 0 Å². The predicted molar refractivity (Wildman–Crippen MR) is 99.1 cm³/mol. The summed E-state index contributed by atoms with van der Waals surface area (Å²) in [4.78, 5) is 4.14. The smallest absolute Gasteiger partial charge is 0.191 e. The van der Waals surface area contributed by atoms with Crippen LogP contribution in [0.4, 0.5) is 0 Å². The number of guanidine groups is 1. The molecule has 0 bridgehead atoms. The number of ether oxygens (including phenoxy) is 1. The lowest BCUT2D eigenvalue weighted by atomic mass is 10.3. The van der Waals surface area contributed by atoms with Gasteiger partial charge in [-0.25, -0.2) is 4.68 Å². The third-order valence-electron chi connectivity index (χ3n) is 2.92. The molecule has 0 fully saturated rings. The number of methoxy groups -OCH3 is 1. The van der Waals surface area contributed by atoms with E-state index in [1.165, 1.54) is 0 Å². The lowest BCUT2D eigenvalue weighted by molar-refractivity contribution is 0.203. The van der Waals surface area contributed by atoms with Gasteiger partial charge in [0, 0.05) is 26.9 Å². The van der Waals surface area contributed by atoms with Crippen molar-refractivity contribution in [1.29, 1.82) is 0 Å². The summed E-state index contributed by atoms with van der Waals surface area (Å²) in [5, 5.41) is 10.9. The molecule has 7 heteroatoms. The highest BCUT2D eigenvalue weighted by atomic mass is 127. The number of aliphatic imine (C=N–C) groups is 1. The van der Waals surface area contributed by atoms with Crippen LogP contribution < -0.4 is 10.6 Å². The van der Waals surface area contributed by atoms with Gasteiger partial charge < -0.3 is 15.4 Å². The quantitative estimate of drug-likeness (QED) is 0.327. The van der Waals surface area contributed by atoms with Crippen LogP contribution in [0.5, 0.6) is 0 Å². The van der Waals surface area contributed by atoms with Gasteiger partial charge in [0.15, 0.2) is 5.96 Å². The third kappa shape index (κ3) is 5.64. The molecule has 2 N–H and O–H groups in total. The average molecular weight is 415 g/mol. The van der Waals surface area contributed by atoms with Crippen molar-refractivity contribution in [3.05, 3.63) is 48.3 Å². The van der Waals surface area contributed by atoms with Crippen LogP contribution in [0.25, 0.3) is 5.69 Å². The Balaban J connectivity index is 0.00000242. The maximum Gasteiger partial charge on any atom is 0.191 e.